The number of hydrogen-bond donors (Lipinski definition) is 1. The summed E-state index contributed by atoms with van der Waals surface area (Å²) in [6.07, 6.45) is 1.09. The second-order valence-electron chi connectivity index (χ2n) is 5.82. The zero-order valence-corrected chi connectivity index (χ0v) is 13.1. The SMILES string of the molecule is CC(C)CNCc1cc(Cl)ccc1OCC1CCOC1. The Kier molecular flexibility index (Phi) is 6.14. The molecular formula is C16H24ClNO2. The molecule has 2 rings (SSSR count). The maximum Gasteiger partial charge on any atom is 0.123 e. The molecule has 3 nitrogen and oxygen atoms in total. The third-order valence-corrected chi connectivity index (χ3v) is 3.62. The van der Waals surface area contributed by atoms with E-state index in [1.165, 1.54) is 0 Å². The van der Waals surface area contributed by atoms with E-state index in [4.69, 9.17) is 21.1 Å². The lowest BCUT2D eigenvalue weighted by Crippen LogP contribution is -2.20. The summed E-state index contributed by atoms with van der Waals surface area (Å²) in [7, 11) is 0. The largest absolute Gasteiger partial charge is 0.493 e. The van der Waals surface area contributed by atoms with Gasteiger partial charge in [0.1, 0.15) is 5.75 Å². The maximum absolute atomic E-state index is 6.08. The molecule has 1 aromatic rings. The molecule has 1 aromatic carbocycles. The topological polar surface area (TPSA) is 30.5 Å². The molecule has 0 saturated carbocycles. The van der Waals surface area contributed by atoms with Gasteiger partial charge < -0.3 is 14.8 Å². The van der Waals surface area contributed by atoms with Crippen LogP contribution in [0, 0.1) is 11.8 Å². The zero-order valence-electron chi connectivity index (χ0n) is 12.3. The second-order valence-corrected chi connectivity index (χ2v) is 6.25. The van der Waals surface area contributed by atoms with Crippen molar-refractivity contribution in [3.05, 3.63) is 28.8 Å². The molecule has 0 aromatic heterocycles. The molecule has 1 aliphatic heterocycles. The average molecular weight is 298 g/mol. The minimum absolute atomic E-state index is 0.516. The van der Waals surface area contributed by atoms with Gasteiger partial charge in [-0.05, 0) is 37.1 Å². The Morgan fingerprint density at radius 3 is 3.00 bits per heavy atom. The molecule has 20 heavy (non-hydrogen) atoms. The predicted octanol–water partition coefficient (Wildman–Crippen LogP) is 3.50. The van der Waals surface area contributed by atoms with Crippen molar-refractivity contribution in [3.63, 3.8) is 0 Å². The molecule has 1 N–H and O–H groups in total. The minimum Gasteiger partial charge on any atom is -0.493 e. The lowest BCUT2D eigenvalue weighted by atomic mass is 10.1. The Hall–Kier alpha value is -0.770. The Morgan fingerprint density at radius 1 is 1.45 bits per heavy atom. The third-order valence-electron chi connectivity index (χ3n) is 3.39. The van der Waals surface area contributed by atoms with Crippen LogP contribution in [-0.4, -0.2) is 26.4 Å². The summed E-state index contributed by atoms with van der Waals surface area (Å²) >= 11 is 6.08. The summed E-state index contributed by atoms with van der Waals surface area (Å²) in [6, 6.07) is 5.83. The summed E-state index contributed by atoms with van der Waals surface area (Å²) in [5, 5.41) is 4.19. The number of ether oxygens (including phenoxy) is 2. The molecule has 112 valence electrons. The number of nitrogens with one attached hydrogen (secondary N) is 1. The number of rotatable bonds is 7. The fraction of sp³-hybridized carbons (Fsp3) is 0.625. The highest BCUT2D eigenvalue weighted by molar-refractivity contribution is 6.30. The third kappa shape index (κ3) is 4.97. The van der Waals surface area contributed by atoms with Crippen molar-refractivity contribution in [3.8, 4) is 5.75 Å². The summed E-state index contributed by atoms with van der Waals surface area (Å²) < 4.78 is 11.3. The van der Waals surface area contributed by atoms with Crippen molar-refractivity contribution < 1.29 is 9.47 Å². The Balaban J connectivity index is 1.91. The summed E-state index contributed by atoms with van der Waals surface area (Å²) in [5.74, 6) is 2.08. The van der Waals surface area contributed by atoms with Gasteiger partial charge in [-0.3, -0.25) is 0 Å². The monoisotopic (exact) mass is 297 g/mol. The van der Waals surface area contributed by atoms with Crippen molar-refractivity contribution >= 4 is 11.6 Å². The molecular weight excluding hydrogens is 274 g/mol. The van der Waals surface area contributed by atoms with Gasteiger partial charge >= 0.3 is 0 Å². The lowest BCUT2D eigenvalue weighted by molar-refractivity contribution is 0.166. The van der Waals surface area contributed by atoms with Gasteiger partial charge in [0, 0.05) is 29.7 Å². The summed E-state index contributed by atoms with van der Waals surface area (Å²) in [5.41, 5.74) is 1.12. The quantitative estimate of drug-likeness (QED) is 0.835. The molecule has 1 heterocycles. The van der Waals surface area contributed by atoms with E-state index in [0.29, 0.717) is 11.8 Å². The molecule has 1 fully saturated rings. The van der Waals surface area contributed by atoms with E-state index in [1.807, 2.05) is 18.2 Å². The Bertz CT molecular complexity index is 417. The van der Waals surface area contributed by atoms with E-state index < -0.39 is 0 Å². The fourth-order valence-electron chi connectivity index (χ4n) is 2.24. The van der Waals surface area contributed by atoms with Gasteiger partial charge in [0.15, 0.2) is 0 Å². The highest BCUT2D eigenvalue weighted by atomic mass is 35.5. The van der Waals surface area contributed by atoms with Gasteiger partial charge in [-0.1, -0.05) is 25.4 Å². The summed E-state index contributed by atoms with van der Waals surface area (Å²) in [6.45, 7) is 8.56. The van der Waals surface area contributed by atoms with Gasteiger partial charge in [0.25, 0.3) is 0 Å². The highest BCUT2D eigenvalue weighted by Crippen LogP contribution is 2.24. The van der Waals surface area contributed by atoms with E-state index in [1.54, 1.807) is 0 Å². The molecule has 0 aliphatic carbocycles. The van der Waals surface area contributed by atoms with Crippen molar-refractivity contribution in [1.82, 2.24) is 5.32 Å². The van der Waals surface area contributed by atoms with Gasteiger partial charge in [0.2, 0.25) is 0 Å². The second kappa shape index (κ2) is 7.87. The van der Waals surface area contributed by atoms with Crippen LogP contribution in [0.5, 0.6) is 5.75 Å². The van der Waals surface area contributed by atoms with Crippen LogP contribution < -0.4 is 10.1 Å². The van der Waals surface area contributed by atoms with Gasteiger partial charge in [0.05, 0.1) is 13.2 Å². The van der Waals surface area contributed by atoms with Gasteiger partial charge in [-0.2, -0.15) is 0 Å². The van der Waals surface area contributed by atoms with Gasteiger partial charge in [-0.25, -0.2) is 0 Å². The highest BCUT2D eigenvalue weighted by Gasteiger charge is 2.17. The van der Waals surface area contributed by atoms with E-state index in [0.717, 1.165) is 55.7 Å². The van der Waals surface area contributed by atoms with Crippen LogP contribution in [-0.2, 0) is 11.3 Å². The molecule has 1 atom stereocenters. The zero-order chi connectivity index (χ0) is 14.4. The molecule has 0 amide bonds. The first-order valence-corrected chi connectivity index (χ1v) is 7.72. The van der Waals surface area contributed by atoms with Crippen LogP contribution in [0.2, 0.25) is 5.02 Å². The molecule has 1 saturated heterocycles. The van der Waals surface area contributed by atoms with Crippen LogP contribution in [0.25, 0.3) is 0 Å². The first-order chi connectivity index (χ1) is 9.65. The van der Waals surface area contributed by atoms with Crippen LogP contribution in [0.15, 0.2) is 18.2 Å². The van der Waals surface area contributed by atoms with Crippen LogP contribution in [0.4, 0.5) is 0 Å². The van der Waals surface area contributed by atoms with Crippen molar-refractivity contribution in [2.24, 2.45) is 11.8 Å². The first-order valence-electron chi connectivity index (χ1n) is 7.35. The molecule has 0 bridgehead atoms. The Labute approximate surface area is 126 Å². The van der Waals surface area contributed by atoms with Gasteiger partial charge in [-0.15, -0.1) is 0 Å². The maximum atomic E-state index is 6.08. The smallest absolute Gasteiger partial charge is 0.123 e. The van der Waals surface area contributed by atoms with Crippen molar-refractivity contribution in [2.45, 2.75) is 26.8 Å². The van der Waals surface area contributed by atoms with Crippen molar-refractivity contribution in [2.75, 3.05) is 26.4 Å². The molecule has 4 heteroatoms. The van der Waals surface area contributed by atoms with Crippen LogP contribution in [0.3, 0.4) is 0 Å². The summed E-state index contributed by atoms with van der Waals surface area (Å²) in [4.78, 5) is 0. The van der Waals surface area contributed by atoms with Crippen LogP contribution >= 0.6 is 11.6 Å². The number of benzene rings is 1. The molecule has 1 unspecified atom stereocenters. The van der Waals surface area contributed by atoms with Crippen molar-refractivity contribution in [1.29, 1.82) is 0 Å². The normalized spacial score (nSPS) is 18.7. The fourth-order valence-corrected chi connectivity index (χ4v) is 2.44. The average Bonchev–Trinajstić information content (AvgIpc) is 2.90. The molecule has 1 aliphatic rings. The predicted molar refractivity (Wildman–Crippen MR) is 82.4 cm³/mol. The standard InChI is InChI=1S/C16H24ClNO2/c1-12(2)8-18-9-14-7-15(17)3-4-16(14)20-11-13-5-6-19-10-13/h3-4,7,12-13,18H,5-6,8-11H2,1-2H3. The van der Waals surface area contributed by atoms with E-state index in [-0.39, 0.29) is 0 Å². The minimum atomic E-state index is 0.516. The first kappa shape index (κ1) is 15.6. The molecule has 0 spiro atoms. The molecule has 0 radical (unpaired) electrons. The Morgan fingerprint density at radius 2 is 2.30 bits per heavy atom. The van der Waals surface area contributed by atoms with E-state index >= 15 is 0 Å². The van der Waals surface area contributed by atoms with E-state index in [2.05, 4.69) is 19.2 Å². The number of hydrogen-bond acceptors (Lipinski definition) is 3. The number of halogens is 1. The lowest BCUT2D eigenvalue weighted by Gasteiger charge is -2.15. The van der Waals surface area contributed by atoms with E-state index in [9.17, 15) is 0 Å². The van der Waals surface area contributed by atoms with Crippen LogP contribution in [0.1, 0.15) is 25.8 Å².